The first-order valence-corrected chi connectivity index (χ1v) is 14.2. The highest BCUT2D eigenvalue weighted by Gasteiger charge is 2.56. The molecule has 3 unspecified atom stereocenters. The van der Waals surface area contributed by atoms with Gasteiger partial charge in [0.05, 0.1) is 6.20 Å². The van der Waals surface area contributed by atoms with E-state index in [1.54, 1.807) is 6.07 Å². The fraction of sp³-hybridized carbons (Fsp3) is 0.586. The standard InChI is InChI=1S/C29H33F3N6O3/c30-29(31,32)41-23-6-2-1-4-18(23)14-35-27-36-15-21(13-33)25(38-27)37-16-28-10-17-8-19(11-28)24(20(9-17)12-28)40-26(39)22-5-3-7-34-22/h1-2,4,6,15,17,19-20,22,24,34H,3,5,7-12,14,16H2,(H2,35,36,37,38)/t17?,19-,20+,22-,24?,28?/m1/s1. The zero-order valence-electron chi connectivity index (χ0n) is 22.5. The molecule has 218 valence electrons. The summed E-state index contributed by atoms with van der Waals surface area (Å²) in [5.74, 6) is 1.44. The lowest BCUT2D eigenvalue weighted by molar-refractivity contribution is -0.274. The number of anilines is 2. The molecule has 0 amide bonds. The van der Waals surface area contributed by atoms with E-state index in [2.05, 4.69) is 36.7 Å². The van der Waals surface area contributed by atoms with Crippen LogP contribution >= 0.6 is 0 Å². The van der Waals surface area contributed by atoms with Crippen molar-refractivity contribution in [2.45, 2.75) is 70.0 Å². The first-order valence-electron chi connectivity index (χ1n) is 14.2. The highest BCUT2D eigenvalue weighted by molar-refractivity contribution is 5.76. The zero-order valence-corrected chi connectivity index (χ0v) is 22.5. The summed E-state index contributed by atoms with van der Waals surface area (Å²) in [6.45, 7) is 1.50. The number of alkyl halides is 3. The molecule has 1 aromatic carbocycles. The Kier molecular flexibility index (Phi) is 7.40. The number of nitrogens with zero attached hydrogens (tertiary/aromatic N) is 3. The second-order valence-corrected chi connectivity index (χ2v) is 12.0. The molecule has 2 aromatic rings. The summed E-state index contributed by atoms with van der Waals surface area (Å²) in [5, 5.41) is 19.2. The molecule has 5 aliphatic rings. The maximum absolute atomic E-state index is 12.8. The number of ether oxygens (including phenoxy) is 2. The van der Waals surface area contributed by atoms with Crippen LogP contribution in [0.1, 0.15) is 56.1 Å². The lowest BCUT2D eigenvalue weighted by Gasteiger charge is -2.59. The fourth-order valence-corrected chi connectivity index (χ4v) is 7.66. The van der Waals surface area contributed by atoms with Crippen LogP contribution in [0.3, 0.4) is 0 Å². The SMILES string of the molecule is N#Cc1cnc(NCc2ccccc2OC(F)(F)F)nc1NCC12CC3C[C@H](C1)C(OC(=O)[C@H]1CCCN1)[C@@H](C3)C2. The van der Waals surface area contributed by atoms with Crippen molar-refractivity contribution in [2.24, 2.45) is 23.2 Å². The van der Waals surface area contributed by atoms with Crippen LogP contribution < -0.4 is 20.7 Å². The highest BCUT2D eigenvalue weighted by Crippen LogP contribution is 2.60. The van der Waals surface area contributed by atoms with Crippen molar-refractivity contribution in [2.75, 3.05) is 23.7 Å². The van der Waals surface area contributed by atoms with Gasteiger partial charge in [0.2, 0.25) is 5.95 Å². The van der Waals surface area contributed by atoms with Crippen molar-refractivity contribution >= 4 is 17.7 Å². The van der Waals surface area contributed by atoms with Crippen molar-refractivity contribution in [1.82, 2.24) is 15.3 Å². The maximum atomic E-state index is 12.8. The summed E-state index contributed by atoms with van der Waals surface area (Å²) in [4.78, 5) is 21.4. The molecule has 2 heterocycles. The number of esters is 1. The van der Waals surface area contributed by atoms with Gasteiger partial charge in [0, 0.05) is 18.7 Å². The maximum Gasteiger partial charge on any atom is 0.573 e. The Balaban J connectivity index is 1.11. The molecule has 1 aromatic heterocycles. The summed E-state index contributed by atoms with van der Waals surface area (Å²) in [6.07, 6.45) is 3.58. The zero-order chi connectivity index (χ0) is 28.6. The smallest absolute Gasteiger partial charge is 0.461 e. The Bertz CT molecular complexity index is 1310. The normalized spacial score (nSPS) is 30.0. The number of para-hydroxylation sites is 1. The average molecular weight is 571 g/mol. The molecule has 0 spiro atoms. The first kappa shape index (κ1) is 27.6. The van der Waals surface area contributed by atoms with Gasteiger partial charge in [-0.25, -0.2) is 4.98 Å². The van der Waals surface area contributed by atoms with E-state index in [9.17, 15) is 23.2 Å². The van der Waals surface area contributed by atoms with Gasteiger partial charge < -0.3 is 25.4 Å². The lowest BCUT2D eigenvalue weighted by atomic mass is 9.48. The van der Waals surface area contributed by atoms with Crippen LogP contribution in [0.4, 0.5) is 24.9 Å². The molecule has 0 radical (unpaired) electrons. The Morgan fingerprint density at radius 2 is 1.95 bits per heavy atom. The number of hydrogen-bond donors (Lipinski definition) is 3. The number of aromatic nitrogens is 2. The molecule has 4 aliphatic carbocycles. The summed E-state index contributed by atoms with van der Waals surface area (Å²) in [6, 6.07) is 7.80. The summed E-state index contributed by atoms with van der Waals surface area (Å²) in [7, 11) is 0. The van der Waals surface area contributed by atoms with Crippen LogP contribution in [0, 0.1) is 34.5 Å². The number of carbonyl (C=O) groups is 1. The van der Waals surface area contributed by atoms with E-state index in [4.69, 9.17) is 4.74 Å². The van der Waals surface area contributed by atoms with Gasteiger partial charge in [0.15, 0.2) is 0 Å². The van der Waals surface area contributed by atoms with E-state index in [1.807, 2.05) is 0 Å². The van der Waals surface area contributed by atoms with Crippen LogP contribution in [0.15, 0.2) is 30.5 Å². The van der Waals surface area contributed by atoms with Crippen LogP contribution in [-0.4, -0.2) is 47.5 Å². The number of nitriles is 1. The number of benzene rings is 1. The third-order valence-corrected chi connectivity index (χ3v) is 9.09. The molecule has 6 atom stereocenters. The van der Waals surface area contributed by atoms with E-state index in [0.29, 0.717) is 35.7 Å². The van der Waals surface area contributed by atoms with Crippen molar-refractivity contribution in [3.05, 3.63) is 41.6 Å². The molecule has 1 aliphatic heterocycles. The molecular formula is C29H33F3N6O3. The van der Waals surface area contributed by atoms with Gasteiger partial charge in [-0.05, 0) is 80.7 Å². The van der Waals surface area contributed by atoms with Gasteiger partial charge >= 0.3 is 12.3 Å². The molecule has 12 heteroatoms. The van der Waals surface area contributed by atoms with Gasteiger partial charge in [-0.15, -0.1) is 13.2 Å². The van der Waals surface area contributed by atoms with Crippen molar-refractivity contribution in [1.29, 1.82) is 5.26 Å². The predicted molar refractivity (Wildman–Crippen MR) is 143 cm³/mol. The Labute approximate surface area is 236 Å². The second kappa shape index (κ2) is 11.0. The number of hydrogen-bond acceptors (Lipinski definition) is 9. The van der Waals surface area contributed by atoms with Crippen LogP contribution in [0.2, 0.25) is 0 Å². The monoisotopic (exact) mass is 570 g/mol. The van der Waals surface area contributed by atoms with Crippen LogP contribution in [0.25, 0.3) is 0 Å². The van der Waals surface area contributed by atoms with Gasteiger partial charge in [-0.2, -0.15) is 10.2 Å². The highest BCUT2D eigenvalue weighted by atomic mass is 19.4. The Morgan fingerprint density at radius 1 is 1.17 bits per heavy atom. The molecule has 5 fully saturated rings. The molecule has 7 rings (SSSR count). The van der Waals surface area contributed by atoms with Crippen molar-refractivity contribution in [3.8, 4) is 11.8 Å². The fourth-order valence-electron chi connectivity index (χ4n) is 7.66. The minimum absolute atomic E-state index is 0.00303. The summed E-state index contributed by atoms with van der Waals surface area (Å²) in [5.41, 5.74) is 0.612. The predicted octanol–water partition coefficient (Wildman–Crippen LogP) is 4.76. The summed E-state index contributed by atoms with van der Waals surface area (Å²) < 4.78 is 48.6. The Morgan fingerprint density at radius 3 is 2.66 bits per heavy atom. The topological polar surface area (TPSA) is 121 Å². The second-order valence-electron chi connectivity index (χ2n) is 12.0. The molecule has 4 saturated carbocycles. The van der Waals surface area contributed by atoms with Crippen molar-refractivity contribution in [3.63, 3.8) is 0 Å². The minimum atomic E-state index is -4.80. The summed E-state index contributed by atoms with van der Waals surface area (Å²) >= 11 is 0. The minimum Gasteiger partial charge on any atom is -0.461 e. The quantitative estimate of drug-likeness (QED) is 0.367. The van der Waals surface area contributed by atoms with Crippen molar-refractivity contribution < 1.29 is 27.4 Å². The van der Waals surface area contributed by atoms with Gasteiger partial charge in [0.1, 0.15) is 35.3 Å². The van der Waals surface area contributed by atoms with E-state index in [1.165, 1.54) is 24.4 Å². The number of nitrogens with one attached hydrogen (secondary N) is 3. The van der Waals surface area contributed by atoms with Gasteiger partial charge in [-0.1, -0.05) is 18.2 Å². The molecule has 41 heavy (non-hydrogen) atoms. The van der Waals surface area contributed by atoms with Crippen LogP contribution in [0.5, 0.6) is 5.75 Å². The van der Waals surface area contributed by atoms with Crippen LogP contribution in [-0.2, 0) is 16.1 Å². The molecule has 4 bridgehead atoms. The molecular weight excluding hydrogens is 537 g/mol. The Hall–Kier alpha value is -3.59. The molecule has 9 nitrogen and oxygen atoms in total. The largest absolute Gasteiger partial charge is 0.573 e. The molecule has 1 saturated heterocycles. The van der Waals surface area contributed by atoms with E-state index < -0.39 is 6.36 Å². The third-order valence-electron chi connectivity index (χ3n) is 9.09. The van der Waals surface area contributed by atoms with E-state index in [0.717, 1.165) is 51.5 Å². The van der Waals surface area contributed by atoms with Gasteiger partial charge in [-0.3, -0.25) is 4.79 Å². The number of carbonyl (C=O) groups excluding carboxylic acids is 1. The lowest BCUT2D eigenvalue weighted by Crippen LogP contribution is -2.57. The number of rotatable bonds is 9. The molecule has 3 N–H and O–H groups in total. The van der Waals surface area contributed by atoms with E-state index >= 15 is 0 Å². The third kappa shape index (κ3) is 6.05. The first-order chi connectivity index (χ1) is 19.7. The average Bonchev–Trinajstić information content (AvgIpc) is 3.48. The van der Waals surface area contributed by atoms with Gasteiger partial charge in [0.25, 0.3) is 0 Å². The van der Waals surface area contributed by atoms with E-state index in [-0.39, 0.29) is 47.3 Å². The number of halogens is 3.